The number of pyridine rings is 1. The average molecular weight is 499 g/mol. The minimum absolute atomic E-state index is 0. The molecule has 1 aliphatic heterocycles. The minimum atomic E-state index is -0.283. The molecule has 1 aromatic carbocycles. The van der Waals surface area contributed by atoms with Gasteiger partial charge in [-0.1, -0.05) is 12.1 Å². The molecule has 0 bridgehead atoms. The second-order valence-corrected chi connectivity index (χ2v) is 6.55. The predicted molar refractivity (Wildman–Crippen MR) is 121 cm³/mol. The number of hydrogen-bond acceptors (Lipinski definition) is 4. The van der Waals surface area contributed by atoms with E-state index >= 15 is 0 Å². The molecule has 8 heteroatoms. The molecule has 28 heavy (non-hydrogen) atoms. The third kappa shape index (κ3) is 6.22. The number of anilines is 1. The smallest absolute Gasteiger partial charge is 0.191 e. The Morgan fingerprint density at radius 2 is 2.21 bits per heavy atom. The van der Waals surface area contributed by atoms with Crippen LogP contribution < -0.4 is 20.3 Å². The molecule has 0 aliphatic carbocycles. The number of rotatable bonds is 6. The lowest BCUT2D eigenvalue weighted by Crippen LogP contribution is -2.45. The molecule has 1 aromatic heterocycles. The highest BCUT2D eigenvalue weighted by Gasteiger charge is 2.25. The maximum absolute atomic E-state index is 13.9. The second kappa shape index (κ2) is 11.0. The van der Waals surface area contributed by atoms with E-state index in [1.165, 1.54) is 11.6 Å². The van der Waals surface area contributed by atoms with Crippen molar-refractivity contribution in [1.29, 1.82) is 0 Å². The van der Waals surface area contributed by atoms with Gasteiger partial charge in [0.15, 0.2) is 17.6 Å². The largest absolute Gasteiger partial charge is 0.492 e. The summed E-state index contributed by atoms with van der Waals surface area (Å²) in [4.78, 5) is 10.4. The Morgan fingerprint density at radius 1 is 1.36 bits per heavy atom. The fourth-order valence-corrected chi connectivity index (χ4v) is 3.11. The number of aromatic nitrogens is 1. The van der Waals surface area contributed by atoms with E-state index in [9.17, 15) is 4.39 Å². The maximum Gasteiger partial charge on any atom is 0.191 e. The van der Waals surface area contributed by atoms with Gasteiger partial charge in [0.05, 0.1) is 6.54 Å². The minimum Gasteiger partial charge on any atom is -0.492 e. The first kappa shape index (κ1) is 22.2. The molecule has 1 unspecified atom stereocenters. The summed E-state index contributed by atoms with van der Waals surface area (Å²) in [5.41, 5.74) is 1.17. The number of nitrogens with zero attached hydrogens (tertiary/aromatic N) is 3. The number of benzene rings is 1. The highest BCUT2D eigenvalue weighted by Crippen LogP contribution is 2.20. The van der Waals surface area contributed by atoms with Crippen LogP contribution in [0.2, 0.25) is 0 Å². The van der Waals surface area contributed by atoms with Crippen LogP contribution in [0, 0.1) is 12.7 Å². The molecule has 1 aliphatic rings. The third-order valence-electron chi connectivity index (χ3n) is 4.44. The summed E-state index contributed by atoms with van der Waals surface area (Å²) in [6, 6.07) is 11.2. The monoisotopic (exact) mass is 499 g/mol. The topological polar surface area (TPSA) is 61.8 Å². The van der Waals surface area contributed by atoms with Gasteiger partial charge in [-0.05, 0) is 43.2 Å². The first-order valence-corrected chi connectivity index (χ1v) is 9.18. The Balaban J connectivity index is 0.00000280. The number of aliphatic imine (C=N–C) groups is 1. The number of nitrogens with one attached hydrogen (secondary N) is 2. The Labute approximate surface area is 182 Å². The van der Waals surface area contributed by atoms with E-state index in [2.05, 4.69) is 20.6 Å². The van der Waals surface area contributed by atoms with Crippen LogP contribution in [-0.4, -0.2) is 50.3 Å². The van der Waals surface area contributed by atoms with Crippen molar-refractivity contribution < 1.29 is 9.13 Å². The Hall–Kier alpha value is -2.10. The lowest BCUT2D eigenvalue weighted by atomic mass is 10.2. The van der Waals surface area contributed by atoms with Crippen molar-refractivity contribution in [3.63, 3.8) is 0 Å². The van der Waals surface area contributed by atoms with Crippen molar-refractivity contribution in [2.45, 2.75) is 19.4 Å². The van der Waals surface area contributed by atoms with Crippen molar-refractivity contribution in [2.24, 2.45) is 4.99 Å². The maximum atomic E-state index is 13.9. The molecule has 3 rings (SSSR count). The van der Waals surface area contributed by atoms with Crippen molar-refractivity contribution in [3.8, 4) is 5.75 Å². The SMILES string of the molecule is CN=C(NCCOc1cccc(C)c1)NC1CCN(c2ncccc2F)C1.I. The summed E-state index contributed by atoms with van der Waals surface area (Å²) in [5, 5.41) is 6.64. The van der Waals surface area contributed by atoms with Crippen LogP contribution in [0.25, 0.3) is 0 Å². The van der Waals surface area contributed by atoms with E-state index in [0.29, 0.717) is 25.5 Å². The zero-order valence-electron chi connectivity index (χ0n) is 16.2. The summed E-state index contributed by atoms with van der Waals surface area (Å²) in [7, 11) is 1.74. The van der Waals surface area contributed by atoms with E-state index < -0.39 is 0 Å². The number of ether oxygens (including phenoxy) is 1. The number of guanidine groups is 1. The fourth-order valence-electron chi connectivity index (χ4n) is 3.11. The van der Waals surface area contributed by atoms with Crippen LogP contribution in [0.15, 0.2) is 47.6 Å². The second-order valence-electron chi connectivity index (χ2n) is 6.55. The zero-order valence-corrected chi connectivity index (χ0v) is 18.5. The van der Waals surface area contributed by atoms with Crippen LogP contribution in [-0.2, 0) is 0 Å². The van der Waals surface area contributed by atoms with Crippen LogP contribution in [0.4, 0.5) is 10.2 Å². The number of halogens is 2. The Kier molecular flexibility index (Phi) is 8.75. The quantitative estimate of drug-likeness (QED) is 0.277. The van der Waals surface area contributed by atoms with E-state index in [4.69, 9.17) is 4.74 Å². The van der Waals surface area contributed by atoms with Crippen LogP contribution >= 0.6 is 24.0 Å². The molecular weight excluding hydrogens is 472 g/mol. The average Bonchev–Trinajstić information content (AvgIpc) is 3.13. The summed E-state index contributed by atoms with van der Waals surface area (Å²) in [6.45, 7) is 4.67. The molecule has 2 aromatic rings. The van der Waals surface area contributed by atoms with Gasteiger partial charge in [0.2, 0.25) is 0 Å². The fraction of sp³-hybridized carbons (Fsp3) is 0.400. The molecule has 0 amide bonds. The van der Waals surface area contributed by atoms with E-state index in [-0.39, 0.29) is 35.8 Å². The first-order chi connectivity index (χ1) is 13.2. The molecule has 1 atom stereocenters. The summed E-state index contributed by atoms with van der Waals surface area (Å²) >= 11 is 0. The standard InChI is InChI=1S/C20H26FN5O.HI/c1-15-5-3-6-17(13-15)27-12-10-24-20(22-2)25-16-8-11-26(14-16)19-18(21)7-4-9-23-19;/h3-7,9,13,16H,8,10-12,14H2,1-2H3,(H2,22,24,25);1H. The molecule has 0 spiro atoms. The molecule has 1 saturated heterocycles. The van der Waals surface area contributed by atoms with Gasteiger partial charge in [0.25, 0.3) is 0 Å². The molecule has 6 nitrogen and oxygen atoms in total. The van der Waals surface area contributed by atoms with Gasteiger partial charge in [-0.15, -0.1) is 24.0 Å². The molecule has 0 saturated carbocycles. The molecule has 2 N–H and O–H groups in total. The van der Waals surface area contributed by atoms with Gasteiger partial charge >= 0.3 is 0 Å². The van der Waals surface area contributed by atoms with E-state index in [1.807, 2.05) is 36.1 Å². The van der Waals surface area contributed by atoms with Gasteiger partial charge in [-0.2, -0.15) is 0 Å². The first-order valence-electron chi connectivity index (χ1n) is 9.18. The normalized spacial score (nSPS) is 16.5. The van der Waals surface area contributed by atoms with E-state index in [0.717, 1.165) is 24.7 Å². The molecule has 0 radical (unpaired) electrons. The third-order valence-corrected chi connectivity index (χ3v) is 4.44. The predicted octanol–water partition coefficient (Wildman–Crippen LogP) is 2.97. The summed E-state index contributed by atoms with van der Waals surface area (Å²) < 4.78 is 19.6. The zero-order chi connectivity index (χ0) is 19.1. The molecular formula is C20H27FIN5O. The highest BCUT2D eigenvalue weighted by molar-refractivity contribution is 14.0. The van der Waals surface area contributed by atoms with Crippen LogP contribution in [0.3, 0.4) is 0 Å². The van der Waals surface area contributed by atoms with Gasteiger partial charge in [-0.3, -0.25) is 4.99 Å². The van der Waals surface area contributed by atoms with Crippen LogP contribution in [0.5, 0.6) is 5.75 Å². The van der Waals surface area contributed by atoms with Crippen molar-refractivity contribution >= 4 is 35.8 Å². The van der Waals surface area contributed by atoms with Gasteiger partial charge in [0.1, 0.15) is 12.4 Å². The van der Waals surface area contributed by atoms with E-state index in [1.54, 1.807) is 19.3 Å². The van der Waals surface area contributed by atoms with Gasteiger partial charge in [-0.25, -0.2) is 9.37 Å². The highest BCUT2D eigenvalue weighted by atomic mass is 127. The Bertz CT molecular complexity index is 789. The number of hydrogen-bond donors (Lipinski definition) is 2. The Morgan fingerprint density at radius 3 is 2.96 bits per heavy atom. The lowest BCUT2D eigenvalue weighted by Gasteiger charge is -2.20. The summed E-state index contributed by atoms with van der Waals surface area (Å²) in [6.07, 6.45) is 2.52. The van der Waals surface area contributed by atoms with Crippen molar-refractivity contribution in [1.82, 2.24) is 15.6 Å². The lowest BCUT2D eigenvalue weighted by molar-refractivity contribution is 0.321. The van der Waals surface area contributed by atoms with Crippen molar-refractivity contribution in [2.75, 3.05) is 38.2 Å². The van der Waals surface area contributed by atoms with Crippen LogP contribution in [0.1, 0.15) is 12.0 Å². The molecule has 1 fully saturated rings. The summed E-state index contributed by atoms with van der Waals surface area (Å²) in [5.74, 6) is 1.71. The van der Waals surface area contributed by atoms with Gasteiger partial charge in [0, 0.05) is 32.4 Å². The number of aryl methyl sites for hydroxylation is 1. The molecule has 2 heterocycles. The molecule has 152 valence electrons. The van der Waals surface area contributed by atoms with Gasteiger partial charge < -0.3 is 20.3 Å². The van der Waals surface area contributed by atoms with Crippen molar-refractivity contribution in [3.05, 3.63) is 54.0 Å².